The van der Waals surface area contributed by atoms with Crippen molar-refractivity contribution in [3.05, 3.63) is 43.9 Å². The fourth-order valence-corrected chi connectivity index (χ4v) is 1.59. The van der Waals surface area contributed by atoms with Gasteiger partial charge in [0.2, 0.25) is 0 Å². The molecule has 0 unspecified atom stereocenters. The molecule has 1 aromatic carbocycles. The summed E-state index contributed by atoms with van der Waals surface area (Å²) in [5.74, 6) is -0.645. The van der Waals surface area contributed by atoms with Crippen LogP contribution in [0.2, 0.25) is 0 Å². The van der Waals surface area contributed by atoms with Crippen molar-refractivity contribution < 1.29 is 14.5 Å². The van der Waals surface area contributed by atoms with Crippen molar-refractivity contribution in [2.24, 2.45) is 0 Å². The molecule has 0 saturated carbocycles. The maximum Gasteiger partial charge on any atom is 0.344 e. The number of hydrogen-bond acceptors (Lipinski definition) is 5. The number of nitro groups is 1. The lowest BCUT2D eigenvalue weighted by atomic mass is 10.1. The van der Waals surface area contributed by atoms with Crippen LogP contribution in [0.4, 0.5) is 5.69 Å². The molecule has 0 saturated heterocycles. The second-order valence-electron chi connectivity index (χ2n) is 3.13. The van der Waals surface area contributed by atoms with Gasteiger partial charge in [0.1, 0.15) is 4.48 Å². The van der Waals surface area contributed by atoms with Crippen molar-refractivity contribution in [2.75, 3.05) is 7.11 Å². The molecule has 0 heterocycles. The molecule has 92 valence electrons. The van der Waals surface area contributed by atoms with Crippen molar-refractivity contribution in [3.63, 3.8) is 0 Å². The van der Waals surface area contributed by atoms with E-state index in [9.17, 15) is 14.9 Å². The van der Waals surface area contributed by atoms with Crippen molar-refractivity contribution in [1.82, 2.24) is 0 Å². The van der Waals surface area contributed by atoms with Crippen LogP contribution in [0.15, 0.2) is 22.7 Å². The Hall–Kier alpha value is -2.20. The third-order valence-electron chi connectivity index (χ3n) is 2.02. The van der Waals surface area contributed by atoms with Crippen molar-refractivity contribution >= 4 is 33.7 Å². The molecule has 1 rings (SSSR count). The van der Waals surface area contributed by atoms with Gasteiger partial charge < -0.3 is 4.74 Å². The van der Waals surface area contributed by atoms with Crippen LogP contribution in [0.1, 0.15) is 11.1 Å². The number of carbonyl (C=O) groups excluding carboxylic acids is 1. The molecule has 0 bridgehead atoms. The minimum atomic E-state index is -0.645. The molecule has 0 aliphatic heterocycles. The predicted octanol–water partition coefficient (Wildman–Crippen LogP) is 2.38. The standard InChI is InChI=1S/C11H7BrN2O4/c1-18-11(15)9(12)5-8-3-2-7(6-13)4-10(8)14(16)17/h2-5H,1H3/b9-5-. The van der Waals surface area contributed by atoms with E-state index in [0.29, 0.717) is 0 Å². The van der Waals surface area contributed by atoms with E-state index >= 15 is 0 Å². The lowest BCUT2D eigenvalue weighted by molar-refractivity contribution is -0.385. The van der Waals surface area contributed by atoms with Crippen LogP contribution in [0.5, 0.6) is 0 Å². The van der Waals surface area contributed by atoms with Gasteiger partial charge in [-0.05, 0) is 34.1 Å². The van der Waals surface area contributed by atoms with Crippen molar-refractivity contribution in [1.29, 1.82) is 5.26 Å². The van der Waals surface area contributed by atoms with Gasteiger partial charge in [-0.15, -0.1) is 0 Å². The van der Waals surface area contributed by atoms with Crippen LogP contribution in [0.3, 0.4) is 0 Å². The van der Waals surface area contributed by atoms with E-state index in [1.165, 1.54) is 25.3 Å². The third kappa shape index (κ3) is 3.15. The molecule has 0 aromatic heterocycles. The highest BCUT2D eigenvalue weighted by molar-refractivity contribution is 9.12. The van der Waals surface area contributed by atoms with Gasteiger partial charge in [0, 0.05) is 6.07 Å². The number of nitro benzene ring substituents is 1. The number of esters is 1. The first-order chi connectivity index (χ1) is 8.49. The summed E-state index contributed by atoms with van der Waals surface area (Å²) < 4.78 is 4.51. The second-order valence-corrected chi connectivity index (χ2v) is 3.98. The maximum absolute atomic E-state index is 11.2. The minimum absolute atomic E-state index is 0.0535. The highest BCUT2D eigenvalue weighted by Gasteiger charge is 2.15. The largest absolute Gasteiger partial charge is 0.465 e. The summed E-state index contributed by atoms with van der Waals surface area (Å²) in [6, 6.07) is 5.77. The number of rotatable bonds is 3. The SMILES string of the molecule is COC(=O)/C(Br)=C/c1ccc(C#N)cc1[N+](=O)[O-]. The number of halogens is 1. The molecule has 6 nitrogen and oxygen atoms in total. The zero-order valence-corrected chi connectivity index (χ0v) is 10.8. The number of benzene rings is 1. The van der Waals surface area contributed by atoms with Gasteiger partial charge in [0.05, 0.1) is 29.2 Å². The number of nitrogens with zero attached hydrogens (tertiary/aromatic N) is 2. The molecular weight excluding hydrogens is 304 g/mol. The van der Waals surface area contributed by atoms with Crippen molar-refractivity contribution in [2.45, 2.75) is 0 Å². The molecule has 0 atom stereocenters. The van der Waals surface area contributed by atoms with Gasteiger partial charge in [-0.3, -0.25) is 10.1 Å². The summed E-state index contributed by atoms with van der Waals surface area (Å²) in [5, 5.41) is 19.5. The molecule has 7 heteroatoms. The topological polar surface area (TPSA) is 93.2 Å². The lowest BCUT2D eigenvalue weighted by Gasteiger charge is -2.00. The molecule has 0 radical (unpaired) electrons. The predicted molar refractivity (Wildman–Crippen MR) is 66.7 cm³/mol. The van der Waals surface area contributed by atoms with E-state index in [2.05, 4.69) is 20.7 Å². The number of methoxy groups -OCH3 is 1. The fourth-order valence-electron chi connectivity index (χ4n) is 1.19. The fraction of sp³-hybridized carbons (Fsp3) is 0.0909. The molecule has 18 heavy (non-hydrogen) atoms. The Bertz CT molecular complexity index is 575. The molecule has 0 aliphatic rings. The average Bonchev–Trinajstić information content (AvgIpc) is 2.37. The Morgan fingerprint density at radius 3 is 2.78 bits per heavy atom. The normalized spacial score (nSPS) is 10.6. The third-order valence-corrected chi connectivity index (χ3v) is 2.57. The zero-order valence-electron chi connectivity index (χ0n) is 9.21. The first-order valence-corrected chi connectivity index (χ1v) is 5.43. The van der Waals surface area contributed by atoms with Gasteiger partial charge in [0.15, 0.2) is 0 Å². The van der Waals surface area contributed by atoms with Gasteiger partial charge in [0.25, 0.3) is 5.69 Å². The van der Waals surface area contributed by atoms with Gasteiger partial charge >= 0.3 is 5.97 Å². The van der Waals surface area contributed by atoms with Crippen LogP contribution >= 0.6 is 15.9 Å². The Morgan fingerprint density at radius 2 is 2.28 bits per heavy atom. The van der Waals surface area contributed by atoms with Crippen LogP contribution in [-0.2, 0) is 9.53 Å². The molecule has 0 fully saturated rings. The van der Waals surface area contributed by atoms with Gasteiger partial charge in [-0.1, -0.05) is 0 Å². The summed E-state index contributed by atoms with van der Waals surface area (Å²) in [6.07, 6.45) is 1.27. The summed E-state index contributed by atoms with van der Waals surface area (Å²) in [6.45, 7) is 0. The van der Waals surface area contributed by atoms with Crippen LogP contribution in [0.25, 0.3) is 6.08 Å². The maximum atomic E-state index is 11.2. The monoisotopic (exact) mass is 310 g/mol. The second kappa shape index (κ2) is 5.93. The molecule has 0 aliphatic carbocycles. The van der Waals surface area contributed by atoms with Gasteiger partial charge in [-0.2, -0.15) is 5.26 Å². The van der Waals surface area contributed by atoms with Crippen LogP contribution in [-0.4, -0.2) is 18.0 Å². The lowest BCUT2D eigenvalue weighted by Crippen LogP contribution is -2.00. The molecule has 0 amide bonds. The molecule has 1 aromatic rings. The number of nitriles is 1. The average molecular weight is 311 g/mol. The van der Waals surface area contributed by atoms with Crippen molar-refractivity contribution in [3.8, 4) is 6.07 Å². The summed E-state index contributed by atoms with van der Waals surface area (Å²) in [7, 11) is 1.20. The van der Waals surface area contributed by atoms with Crippen LogP contribution in [0, 0.1) is 21.4 Å². The number of carbonyl (C=O) groups is 1. The number of hydrogen-bond donors (Lipinski definition) is 0. The molecule has 0 N–H and O–H groups in total. The highest BCUT2D eigenvalue weighted by Crippen LogP contribution is 2.24. The first kappa shape index (κ1) is 13.9. The van der Waals surface area contributed by atoms with Crippen LogP contribution < -0.4 is 0 Å². The van der Waals surface area contributed by atoms with E-state index in [1.807, 2.05) is 6.07 Å². The van der Waals surface area contributed by atoms with E-state index in [-0.39, 0.29) is 21.3 Å². The summed E-state index contributed by atoms with van der Waals surface area (Å²) in [5.41, 5.74) is 0.124. The van der Waals surface area contributed by atoms with E-state index in [0.717, 1.165) is 6.07 Å². The smallest absolute Gasteiger partial charge is 0.344 e. The zero-order chi connectivity index (χ0) is 13.7. The van der Waals surface area contributed by atoms with E-state index in [4.69, 9.17) is 5.26 Å². The Labute approximate surface area is 111 Å². The quantitative estimate of drug-likeness (QED) is 0.370. The van der Waals surface area contributed by atoms with E-state index in [1.54, 1.807) is 0 Å². The number of ether oxygens (including phenoxy) is 1. The minimum Gasteiger partial charge on any atom is -0.465 e. The highest BCUT2D eigenvalue weighted by atomic mass is 79.9. The van der Waals surface area contributed by atoms with E-state index < -0.39 is 10.9 Å². The Morgan fingerprint density at radius 1 is 1.61 bits per heavy atom. The summed E-state index contributed by atoms with van der Waals surface area (Å²) in [4.78, 5) is 21.4. The molecular formula is C11H7BrN2O4. The molecule has 0 spiro atoms. The summed E-state index contributed by atoms with van der Waals surface area (Å²) >= 11 is 2.96. The van der Waals surface area contributed by atoms with Gasteiger partial charge in [-0.25, -0.2) is 4.79 Å². The first-order valence-electron chi connectivity index (χ1n) is 4.63. The Balaban J connectivity index is 3.30. The Kier molecular flexibility index (Phi) is 4.57.